The minimum absolute atomic E-state index is 0.0686. The highest BCUT2D eigenvalue weighted by molar-refractivity contribution is 6.28. The molecule has 0 unspecified atom stereocenters. The SMILES string of the molecule is Clc1nc(OC2CCCC2)c2ncc([C@@H]3O[C@H](COCc4ccccc4)[C@@H](OCc4ccccc4)[C@H]3OCc3ccccc3)n2n1. The fourth-order valence-electron chi connectivity index (χ4n) is 6.17. The van der Waals surface area contributed by atoms with E-state index >= 15 is 0 Å². The van der Waals surface area contributed by atoms with E-state index in [0.717, 1.165) is 42.4 Å². The summed E-state index contributed by atoms with van der Waals surface area (Å²) in [6, 6.07) is 30.2. The molecule has 1 aliphatic carbocycles. The van der Waals surface area contributed by atoms with Gasteiger partial charge in [0, 0.05) is 0 Å². The van der Waals surface area contributed by atoms with Crippen molar-refractivity contribution in [3.63, 3.8) is 0 Å². The second-order valence-electron chi connectivity index (χ2n) is 11.7. The first-order valence-corrected chi connectivity index (χ1v) is 16.2. The fourth-order valence-corrected chi connectivity index (χ4v) is 6.32. The smallest absolute Gasteiger partial charge is 0.262 e. The van der Waals surface area contributed by atoms with Crippen molar-refractivity contribution in [2.75, 3.05) is 6.61 Å². The van der Waals surface area contributed by atoms with Crippen LogP contribution in [0, 0.1) is 0 Å². The van der Waals surface area contributed by atoms with Crippen molar-refractivity contribution in [3.8, 4) is 5.88 Å². The van der Waals surface area contributed by atoms with E-state index in [-0.39, 0.29) is 11.4 Å². The highest BCUT2D eigenvalue weighted by Crippen LogP contribution is 2.39. The van der Waals surface area contributed by atoms with Gasteiger partial charge in [0.25, 0.3) is 5.88 Å². The molecule has 3 aromatic carbocycles. The standard InChI is InChI=1S/C36H37ClN4O5/c37-36-39-35(45-28-18-10-11-19-28)34-38-20-29(41(34)40-36)31-33(44-23-27-16-8-3-9-17-27)32(43-22-26-14-6-2-7-15-26)30(46-31)24-42-21-25-12-4-1-5-13-25/h1-9,12-17,20,28,30-33H,10-11,18-19,21-24H2/t30-,31+,32-,33+/m1/s1. The van der Waals surface area contributed by atoms with Crippen molar-refractivity contribution in [2.24, 2.45) is 0 Å². The molecule has 1 saturated heterocycles. The van der Waals surface area contributed by atoms with Crippen molar-refractivity contribution >= 4 is 17.2 Å². The van der Waals surface area contributed by atoms with E-state index in [1.54, 1.807) is 10.7 Å². The molecule has 0 bridgehead atoms. The molecule has 1 aliphatic heterocycles. The first kappa shape index (κ1) is 30.8. The number of nitrogens with zero attached hydrogens (tertiary/aromatic N) is 4. The number of ether oxygens (including phenoxy) is 5. The summed E-state index contributed by atoms with van der Waals surface area (Å²) in [5, 5.41) is 4.60. The number of hydrogen-bond donors (Lipinski definition) is 0. The van der Waals surface area contributed by atoms with Gasteiger partial charge in [-0.05, 0) is 54.0 Å². The first-order valence-electron chi connectivity index (χ1n) is 15.9. The molecule has 9 nitrogen and oxygen atoms in total. The van der Waals surface area contributed by atoms with E-state index in [1.807, 2.05) is 91.0 Å². The van der Waals surface area contributed by atoms with Crippen LogP contribution in [0.5, 0.6) is 5.88 Å². The molecule has 2 aliphatic rings. The minimum atomic E-state index is -0.588. The van der Waals surface area contributed by atoms with Gasteiger partial charge in [0.1, 0.15) is 30.5 Å². The van der Waals surface area contributed by atoms with E-state index in [0.29, 0.717) is 43.6 Å². The number of benzene rings is 3. The van der Waals surface area contributed by atoms with Crippen LogP contribution < -0.4 is 4.74 Å². The van der Waals surface area contributed by atoms with E-state index < -0.39 is 24.4 Å². The van der Waals surface area contributed by atoms with Crippen molar-refractivity contribution in [1.82, 2.24) is 19.6 Å². The average Bonchev–Trinajstić information content (AvgIpc) is 3.84. The third kappa shape index (κ3) is 7.24. The lowest BCUT2D eigenvalue weighted by atomic mass is 10.0. The number of rotatable bonds is 13. The molecule has 2 aromatic heterocycles. The maximum Gasteiger partial charge on any atom is 0.262 e. The molecular formula is C36H37ClN4O5. The summed E-state index contributed by atoms with van der Waals surface area (Å²) < 4.78 is 34.3. The van der Waals surface area contributed by atoms with Gasteiger partial charge < -0.3 is 23.7 Å². The predicted octanol–water partition coefficient (Wildman–Crippen LogP) is 6.93. The topological polar surface area (TPSA) is 89.2 Å². The maximum absolute atomic E-state index is 6.79. The molecule has 3 heterocycles. The molecule has 238 valence electrons. The lowest BCUT2D eigenvalue weighted by Gasteiger charge is -2.25. The first-order chi connectivity index (χ1) is 22.7. The molecule has 5 aromatic rings. The van der Waals surface area contributed by atoms with Gasteiger partial charge in [0.05, 0.1) is 38.3 Å². The van der Waals surface area contributed by atoms with Gasteiger partial charge in [-0.3, -0.25) is 0 Å². The molecule has 0 radical (unpaired) electrons. The summed E-state index contributed by atoms with van der Waals surface area (Å²) in [5.41, 5.74) is 4.34. The Morgan fingerprint density at radius 1 is 0.761 bits per heavy atom. The molecule has 7 rings (SSSR count). The number of hydrogen-bond acceptors (Lipinski definition) is 8. The van der Waals surface area contributed by atoms with Gasteiger partial charge in [-0.1, -0.05) is 91.0 Å². The van der Waals surface area contributed by atoms with Crippen LogP contribution in [0.4, 0.5) is 0 Å². The second kappa shape index (κ2) is 14.7. The number of fused-ring (bicyclic) bond motifs is 1. The average molecular weight is 641 g/mol. The summed E-state index contributed by atoms with van der Waals surface area (Å²) in [5.74, 6) is 0.373. The Morgan fingerprint density at radius 2 is 1.35 bits per heavy atom. The van der Waals surface area contributed by atoms with Gasteiger partial charge in [-0.25, -0.2) is 9.50 Å². The zero-order valence-corrected chi connectivity index (χ0v) is 26.2. The Bertz CT molecular complexity index is 1680. The Hall–Kier alpha value is -3.86. The second-order valence-corrected chi connectivity index (χ2v) is 12.1. The van der Waals surface area contributed by atoms with E-state index in [9.17, 15) is 0 Å². The number of aromatic nitrogens is 4. The minimum Gasteiger partial charge on any atom is -0.472 e. The van der Waals surface area contributed by atoms with Crippen LogP contribution in [0.1, 0.15) is 54.2 Å². The predicted molar refractivity (Wildman–Crippen MR) is 172 cm³/mol. The van der Waals surface area contributed by atoms with Gasteiger partial charge in [0.15, 0.2) is 0 Å². The molecule has 2 fully saturated rings. The van der Waals surface area contributed by atoms with Crippen LogP contribution in [0.15, 0.2) is 97.2 Å². The van der Waals surface area contributed by atoms with Crippen molar-refractivity contribution in [2.45, 2.75) is 76.0 Å². The molecule has 4 atom stereocenters. The molecule has 10 heteroatoms. The Kier molecular flexibility index (Phi) is 9.84. The van der Waals surface area contributed by atoms with Crippen molar-refractivity contribution in [3.05, 3.63) is 125 Å². The Balaban J connectivity index is 1.20. The van der Waals surface area contributed by atoms with E-state index in [1.165, 1.54) is 0 Å². The van der Waals surface area contributed by atoms with Gasteiger partial charge >= 0.3 is 0 Å². The molecule has 0 amide bonds. The summed E-state index contributed by atoms with van der Waals surface area (Å²) in [7, 11) is 0. The van der Waals surface area contributed by atoms with Crippen molar-refractivity contribution < 1.29 is 23.7 Å². The van der Waals surface area contributed by atoms with Crippen LogP contribution >= 0.6 is 11.6 Å². The zero-order valence-electron chi connectivity index (χ0n) is 25.5. The number of halogens is 1. The Morgan fingerprint density at radius 3 is 1.98 bits per heavy atom. The van der Waals surface area contributed by atoms with Gasteiger partial charge in [0.2, 0.25) is 10.9 Å². The third-order valence-electron chi connectivity index (χ3n) is 8.48. The lowest BCUT2D eigenvalue weighted by Crippen LogP contribution is -2.38. The maximum atomic E-state index is 6.79. The van der Waals surface area contributed by atoms with Crippen LogP contribution in [0.2, 0.25) is 5.28 Å². The Labute approximate surface area is 273 Å². The highest BCUT2D eigenvalue weighted by Gasteiger charge is 2.48. The van der Waals surface area contributed by atoms with Crippen LogP contribution in [0.3, 0.4) is 0 Å². The highest BCUT2D eigenvalue weighted by atomic mass is 35.5. The molecule has 0 spiro atoms. The van der Waals surface area contributed by atoms with Gasteiger partial charge in [-0.15, -0.1) is 5.10 Å². The summed E-state index contributed by atoms with van der Waals surface area (Å²) >= 11 is 6.46. The van der Waals surface area contributed by atoms with E-state index in [2.05, 4.69) is 10.1 Å². The van der Waals surface area contributed by atoms with Gasteiger partial charge in [-0.2, -0.15) is 4.98 Å². The molecule has 1 saturated carbocycles. The van der Waals surface area contributed by atoms with Crippen molar-refractivity contribution in [1.29, 1.82) is 0 Å². The quantitative estimate of drug-likeness (QED) is 0.137. The van der Waals surface area contributed by atoms with Crippen LogP contribution in [-0.2, 0) is 38.8 Å². The lowest BCUT2D eigenvalue weighted by molar-refractivity contribution is -0.0898. The molecular weight excluding hydrogens is 604 g/mol. The normalized spacial score (nSPS) is 21.7. The third-order valence-corrected chi connectivity index (χ3v) is 8.64. The summed E-state index contributed by atoms with van der Waals surface area (Å²) in [6.07, 6.45) is 4.06. The van der Waals surface area contributed by atoms with E-state index in [4.69, 9.17) is 40.3 Å². The molecule has 46 heavy (non-hydrogen) atoms. The zero-order chi connectivity index (χ0) is 31.1. The summed E-state index contributed by atoms with van der Waals surface area (Å²) in [6.45, 7) is 1.52. The largest absolute Gasteiger partial charge is 0.472 e. The fraction of sp³-hybridized carbons (Fsp3) is 0.361. The molecule has 0 N–H and O–H groups in total. The summed E-state index contributed by atoms with van der Waals surface area (Å²) in [4.78, 5) is 9.09. The van der Waals surface area contributed by atoms with Crippen LogP contribution in [-0.4, -0.2) is 50.6 Å². The number of imidazole rings is 1. The monoisotopic (exact) mass is 640 g/mol. The van der Waals surface area contributed by atoms with Crippen LogP contribution in [0.25, 0.3) is 5.65 Å².